The number of hydrogen-bond acceptors (Lipinski definition) is 4. The van der Waals surface area contributed by atoms with Gasteiger partial charge in [-0.2, -0.15) is 5.26 Å². The summed E-state index contributed by atoms with van der Waals surface area (Å²) in [5.41, 5.74) is 1.68. The van der Waals surface area contributed by atoms with Crippen LogP contribution >= 0.6 is 0 Å². The summed E-state index contributed by atoms with van der Waals surface area (Å²) in [7, 11) is 0. The zero-order valence-corrected chi connectivity index (χ0v) is 10.6. The molecule has 0 saturated heterocycles. The SMILES string of the molecule is N#Cc1ccc(NCC(=O)Nc2ccccc2O)cc1. The van der Waals surface area contributed by atoms with E-state index in [-0.39, 0.29) is 18.2 Å². The average Bonchev–Trinajstić information content (AvgIpc) is 2.48. The molecule has 0 aliphatic carbocycles. The molecule has 0 fully saturated rings. The second-order valence-corrected chi connectivity index (χ2v) is 4.11. The molecule has 100 valence electrons. The van der Waals surface area contributed by atoms with Gasteiger partial charge in [0.2, 0.25) is 5.91 Å². The van der Waals surface area contributed by atoms with E-state index in [1.54, 1.807) is 42.5 Å². The Morgan fingerprint density at radius 3 is 2.50 bits per heavy atom. The quantitative estimate of drug-likeness (QED) is 0.742. The van der Waals surface area contributed by atoms with Crippen LogP contribution in [0.4, 0.5) is 11.4 Å². The fourth-order valence-electron chi connectivity index (χ4n) is 1.62. The lowest BCUT2D eigenvalue weighted by atomic mass is 10.2. The first-order valence-corrected chi connectivity index (χ1v) is 6.01. The highest BCUT2D eigenvalue weighted by molar-refractivity contribution is 5.94. The van der Waals surface area contributed by atoms with E-state index < -0.39 is 0 Å². The molecule has 1 amide bonds. The van der Waals surface area contributed by atoms with E-state index >= 15 is 0 Å². The highest BCUT2D eigenvalue weighted by atomic mass is 16.3. The molecule has 5 heteroatoms. The number of nitrogens with zero attached hydrogens (tertiary/aromatic N) is 1. The lowest BCUT2D eigenvalue weighted by Gasteiger charge is -2.08. The number of aromatic hydroxyl groups is 1. The summed E-state index contributed by atoms with van der Waals surface area (Å²) < 4.78 is 0. The summed E-state index contributed by atoms with van der Waals surface area (Å²) in [4.78, 5) is 11.7. The third-order valence-electron chi connectivity index (χ3n) is 2.65. The van der Waals surface area contributed by atoms with E-state index in [0.29, 0.717) is 11.3 Å². The monoisotopic (exact) mass is 267 g/mol. The first-order chi connectivity index (χ1) is 9.69. The molecule has 3 N–H and O–H groups in total. The smallest absolute Gasteiger partial charge is 0.243 e. The van der Waals surface area contributed by atoms with Gasteiger partial charge in [0.1, 0.15) is 5.75 Å². The number of rotatable bonds is 4. The van der Waals surface area contributed by atoms with E-state index in [9.17, 15) is 9.90 Å². The van der Waals surface area contributed by atoms with E-state index in [0.717, 1.165) is 5.69 Å². The topological polar surface area (TPSA) is 85.2 Å². The third kappa shape index (κ3) is 3.50. The average molecular weight is 267 g/mol. The van der Waals surface area contributed by atoms with Crippen molar-refractivity contribution in [1.82, 2.24) is 0 Å². The summed E-state index contributed by atoms with van der Waals surface area (Å²) in [5.74, 6) is -0.241. The lowest BCUT2D eigenvalue weighted by Crippen LogP contribution is -2.21. The predicted octanol–water partition coefficient (Wildman–Crippen LogP) is 2.31. The molecule has 2 aromatic rings. The van der Waals surface area contributed by atoms with Gasteiger partial charge in [-0.05, 0) is 36.4 Å². The number of nitriles is 1. The van der Waals surface area contributed by atoms with Gasteiger partial charge in [-0.15, -0.1) is 0 Å². The molecule has 0 aliphatic rings. The molecule has 0 heterocycles. The van der Waals surface area contributed by atoms with E-state index in [1.165, 1.54) is 6.07 Å². The number of hydrogen-bond donors (Lipinski definition) is 3. The van der Waals surface area contributed by atoms with Crippen LogP contribution in [0.1, 0.15) is 5.56 Å². The maximum absolute atomic E-state index is 11.7. The fourth-order valence-corrected chi connectivity index (χ4v) is 1.62. The van der Waals surface area contributed by atoms with Crippen LogP contribution in [-0.2, 0) is 4.79 Å². The van der Waals surface area contributed by atoms with Gasteiger partial charge in [0.25, 0.3) is 0 Å². The van der Waals surface area contributed by atoms with Crippen LogP contribution in [0.5, 0.6) is 5.75 Å². The van der Waals surface area contributed by atoms with Crippen LogP contribution in [0.15, 0.2) is 48.5 Å². The number of anilines is 2. The van der Waals surface area contributed by atoms with Gasteiger partial charge in [0.05, 0.1) is 23.9 Å². The number of para-hydroxylation sites is 2. The summed E-state index contributed by atoms with van der Waals surface area (Å²) in [6, 6.07) is 15.3. The summed E-state index contributed by atoms with van der Waals surface area (Å²) in [6.07, 6.45) is 0. The van der Waals surface area contributed by atoms with Crippen molar-refractivity contribution >= 4 is 17.3 Å². The number of benzene rings is 2. The van der Waals surface area contributed by atoms with Crippen molar-refractivity contribution in [3.63, 3.8) is 0 Å². The molecule has 0 aromatic heterocycles. The Morgan fingerprint density at radius 1 is 1.15 bits per heavy atom. The van der Waals surface area contributed by atoms with Crippen molar-refractivity contribution < 1.29 is 9.90 Å². The van der Waals surface area contributed by atoms with Gasteiger partial charge in [0, 0.05) is 5.69 Å². The van der Waals surface area contributed by atoms with Crippen molar-refractivity contribution in [1.29, 1.82) is 5.26 Å². The second-order valence-electron chi connectivity index (χ2n) is 4.11. The van der Waals surface area contributed by atoms with Gasteiger partial charge in [0.15, 0.2) is 0 Å². The van der Waals surface area contributed by atoms with E-state index in [1.807, 2.05) is 6.07 Å². The number of carbonyl (C=O) groups is 1. The van der Waals surface area contributed by atoms with E-state index in [4.69, 9.17) is 5.26 Å². The van der Waals surface area contributed by atoms with Gasteiger partial charge in [-0.3, -0.25) is 4.79 Å². The molecule has 2 rings (SSSR count). The van der Waals surface area contributed by atoms with Crippen LogP contribution in [0.2, 0.25) is 0 Å². The minimum atomic E-state index is -0.268. The van der Waals surface area contributed by atoms with Crippen LogP contribution in [0.3, 0.4) is 0 Å². The Balaban J connectivity index is 1.89. The van der Waals surface area contributed by atoms with E-state index in [2.05, 4.69) is 10.6 Å². The maximum Gasteiger partial charge on any atom is 0.243 e. The van der Waals surface area contributed by atoms with Gasteiger partial charge in [-0.25, -0.2) is 0 Å². The molecule has 0 bridgehead atoms. The minimum Gasteiger partial charge on any atom is -0.506 e. The Hall–Kier alpha value is -3.00. The zero-order valence-electron chi connectivity index (χ0n) is 10.6. The molecule has 0 saturated carbocycles. The first-order valence-electron chi connectivity index (χ1n) is 6.01. The number of phenols is 1. The van der Waals surface area contributed by atoms with Crippen molar-refractivity contribution in [3.8, 4) is 11.8 Å². The summed E-state index contributed by atoms with van der Waals surface area (Å²) in [5, 5.41) is 23.7. The first kappa shape index (κ1) is 13.4. The fraction of sp³-hybridized carbons (Fsp3) is 0.0667. The predicted molar refractivity (Wildman–Crippen MR) is 76.4 cm³/mol. The zero-order chi connectivity index (χ0) is 14.4. The number of amides is 1. The van der Waals surface area contributed by atoms with Crippen LogP contribution < -0.4 is 10.6 Å². The Kier molecular flexibility index (Phi) is 4.20. The molecule has 0 spiro atoms. The lowest BCUT2D eigenvalue weighted by molar-refractivity contribution is -0.114. The molecule has 2 aromatic carbocycles. The highest BCUT2D eigenvalue weighted by Gasteiger charge is 2.05. The van der Waals surface area contributed by atoms with Crippen LogP contribution in [-0.4, -0.2) is 17.6 Å². The van der Waals surface area contributed by atoms with Crippen molar-refractivity contribution in [2.24, 2.45) is 0 Å². The van der Waals surface area contributed by atoms with Gasteiger partial charge in [-0.1, -0.05) is 12.1 Å². The maximum atomic E-state index is 11.7. The van der Waals surface area contributed by atoms with Crippen LogP contribution in [0.25, 0.3) is 0 Å². The normalized spacial score (nSPS) is 9.55. The number of phenolic OH excluding ortho intramolecular Hbond substituents is 1. The highest BCUT2D eigenvalue weighted by Crippen LogP contribution is 2.21. The molecule has 0 unspecified atom stereocenters. The second kappa shape index (κ2) is 6.25. The minimum absolute atomic E-state index is 0.0271. The third-order valence-corrected chi connectivity index (χ3v) is 2.65. The van der Waals surface area contributed by atoms with Crippen molar-refractivity contribution in [3.05, 3.63) is 54.1 Å². The van der Waals surface area contributed by atoms with Crippen LogP contribution in [0, 0.1) is 11.3 Å². The molecule has 0 atom stereocenters. The Morgan fingerprint density at radius 2 is 1.85 bits per heavy atom. The molecule has 0 radical (unpaired) electrons. The van der Waals surface area contributed by atoms with Gasteiger partial charge >= 0.3 is 0 Å². The Bertz CT molecular complexity index is 645. The van der Waals surface area contributed by atoms with Gasteiger partial charge < -0.3 is 15.7 Å². The molecule has 20 heavy (non-hydrogen) atoms. The molecule has 5 nitrogen and oxygen atoms in total. The largest absolute Gasteiger partial charge is 0.506 e. The Labute approximate surface area is 116 Å². The summed E-state index contributed by atoms with van der Waals surface area (Å²) in [6.45, 7) is 0.0697. The molecule has 0 aliphatic heterocycles. The molecular formula is C15H13N3O2. The summed E-state index contributed by atoms with van der Waals surface area (Å²) >= 11 is 0. The molecular weight excluding hydrogens is 254 g/mol. The van der Waals surface area contributed by atoms with Crippen molar-refractivity contribution in [2.75, 3.05) is 17.2 Å². The number of nitrogens with one attached hydrogen (secondary N) is 2. The number of carbonyl (C=O) groups excluding carboxylic acids is 1. The standard InChI is InChI=1S/C15H13N3O2/c16-9-11-5-7-12(8-6-11)17-10-15(20)18-13-3-1-2-4-14(13)19/h1-8,17,19H,10H2,(H,18,20). The van der Waals surface area contributed by atoms with Crippen molar-refractivity contribution in [2.45, 2.75) is 0 Å².